The van der Waals surface area contributed by atoms with Crippen LogP contribution in [0.3, 0.4) is 0 Å². The molecule has 1 aromatic carbocycles. The van der Waals surface area contributed by atoms with Crippen molar-refractivity contribution in [3.8, 4) is 0 Å². The van der Waals surface area contributed by atoms with Crippen molar-refractivity contribution < 1.29 is 14.4 Å². The molecule has 2 aromatic rings. The third-order valence-electron chi connectivity index (χ3n) is 4.61. The maximum Gasteiger partial charge on any atom is 0.325 e. The van der Waals surface area contributed by atoms with Crippen LogP contribution >= 0.6 is 22.9 Å². The Balaban J connectivity index is 1.78. The molecule has 28 heavy (non-hydrogen) atoms. The van der Waals surface area contributed by atoms with E-state index < -0.39 is 17.5 Å². The van der Waals surface area contributed by atoms with E-state index in [2.05, 4.69) is 11.9 Å². The minimum absolute atomic E-state index is 0.322. The smallest absolute Gasteiger partial charge is 0.325 e. The van der Waals surface area contributed by atoms with Crippen LogP contribution < -0.4 is 5.32 Å². The fourth-order valence-corrected chi connectivity index (χ4v) is 4.17. The fraction of sp³-hybridized carbons (Fsp3) is 0.250. The summed E-state index contributed by atoms with van der Waals surface area (Å²) in [5.41, 5.74) is -0.821. The summed E-state index contributed by atoms with van der Waals surface area (Å²) in [6.07, 6.45) is 1.62. The molecule has 1 atom stereocenters. The number of benzene rings is 1. The Morgan fingerprint density at radius 2 is 2.07 bits per heavy atom. The van der Waals surface area contributed by atoms with Gasteiger partial charge in [0.25, 0.3) is 5.91 Å². The third kappa shape index (κ3) is 3.81. The Bertz CT molecular complexity index is 915. The van der Waals surface area contributed by atoms with E-state index in [1.807, 2.05) is 17.5 Å². The molecule has 8 heteroatoms. The van der Waals surface area contributed by atoms with Gasteiger partial charge in [-0.25, -0.2) is 4.79 Å². The van der Waals surface area contributed by atoms with Gasteiger partial charge in [0, 0.05) is 22.0 Å². The van der Waals surface area contributed by atoms with Crippen molar-refractivity contribution in [3.63, 3.8) is 0 Å². The predicted octanol–water partition coefficient (Wildman–Crippen LogP) is 3.38. The van der Waals surface area contributed by atoms with Crippen LogP contribution in [0.1, 0.15) is 17.4 Å². The lowest BCUT2D eigenvalue weighted by molar-refractivity contribution is -0.138. The topological polar surface area (TPSA) is 69.7 Å². The van der Waals surface area contributed by atoms with Crippen molar-refractivity contribution in [1.29, 1.82) is 0 Å². The van der Waals surface area contributed by atoms with Crippen molar-refractivity contribution >= 4 is 40.8 Å². The van der Waals surface area contributed by atoms with Gasteiger partial charge in [-0.2, -0.15) is 0 Å². The van der Waals surface area contributed by atoms with E-state index in [0.29, 0.717) is 23.7 Å². The summed E-state index contributed by atoms with van der Waals surface area (Å²) in [5.74, 6) is -0.839. The molecule has 4 amide bonds. The molecule has 2 heterocycles. The third-order valence-corrected chi connectivity index (χ3v) is 5.80. The highest BCUT2D eigenvalue weighted by molar-refractivity contribution is 7.09. The first-order chi connectivity index (χ1) is 13.4. The number of imide groups is 1. The van der Waals surface area contributed by atoms with Gasteiger partial charge in [-0.15, -0.1) is 17.9 Å². The summed E-state index contributed by atoms with van der Waals surface area (Å²) >= 11 is 7.76. The molecule has 3 rings (SSSR count). The normalized spacial score (nSPS) is 18.9. The van der Waals surface area contributed by atoms with Gasteiger partial charge in [-0.3, -0.25) is 14.5 Å². The Labute approximate surface area is 172 Å². The lowest BCUT2D eigenvalue weighted by Crippen LogP contribution is -2.44. The van der Waals surface area contributed by atoms with Gasteiger partial charge in [-0.05, 0) is 24.4 Å². The van der Waals surface area contributed by atoms with Crippen molar-refractivity contribution in [1.82, 2.24) is 15.1 Å². The number of carbonyl (C=O) groups is 3. The SMILES string of the molecule is C=CCN(Cc1cccs1)C(=O)CN1C(=O)N[C@@](C)(c2ccccc2Cl)C1=O. The highest BCUT2D eigenvalue weighted by Gasteiger charge is 2.50. The van der Waals surface area contributed by atoms with Crippen LogP contribution in [-0.4, -0.2) is 40.7 Å². The first-order valence-electron chi connectivity index (χ1n) is 8.67. The van der Waals surface area contributed by atoms with E-state index in [-0.39, 0.29) is 12.5 Å². The molecule has 146 valence electrons. The number of rotatable bonds is 7. The van der Waals surface area contributed by atoms with E-state index in [9.17, 15) is 14.4 Å². The molecule has 1 fully saturated rings. The molecule has 1 N–H and O–H groups in total. The Morgan fingerprint density at radius 3 is 2.71 bits per heavy atom. The van der Waals surface area contributed by atoms with Crippen molar-refractivity contribution in [3.05, 3.63) is 69.9 Å². The number of nitrogens with one attached hydrogen (secondary N) is 1. The molecule has 1 saturated heterocycles. The van der Waals surface area contributed by atoms with Crippen LogP contribution in [0.5, 0.6) is 0 Å². The average molecular weight is 418 g/mol. The lowest BCUT2D eigenvalue weighted by atomic mass is 9.92. The lowest BCUT2D eigenvalue weighted by Gasteiger charge is -2.25. The summed E-state index contributed by atoms with van der Waals surface area (Å²) in [6, 6.07) is 10.0. The van der Waals surface area contributed by atoms with Crippen molar-refractivity contribution in [2.45, 2.75) is 19.0 Å². The summed E-state index contributed by atoms with van der Waals surface area (Å²) in [4.78, 5) is 41.8. The van der Waals surface area contributed by atoms with Crippen molar-refractivity contribution in [2.75, 3.05) is 13.1 Å². The summed E-state index contributed by atoms with van der Waals surface area (Å²) < 4.78 is 0. The van der Waals surface area contributed by atoms with Gasteiger partial charge in [0.15, 0.2) is 0 Å². The van der Waals surface area contributed by atoms with Gasteiger partial charge in [0.05, 0.1) is 6.54 Å². The maximum atomic E-state index is 13.0. The number of hydrogen-bond acceptors (Lipinski definition) is 4. The van der Waals surface area contributed by atoms with Crippen LogP contribution in [0.4, 0.5) is 4.79 Å². The molecule has 1 aliphatic rings. The molecule has 0 aliphatic carbocycles. The molecule has 0 radical (unpaired) electrons. The second-order valence-corrected chi connectivity index (χ2v) is 8.01. The monoisotopic (exact) mass is 417 g/mol. The Hall–Kier alpha value is -2.64. The number of halogens is 1. The second-order valence-electron chi connectivity index (χ2n) is 6.57. The molecular formula is C20H20ClN3O3S. The van der Waals surface area contributed by atoms with Crippen LogP contribution in [0.2, 0.25) is 5.02 Å². The Kier molecular flexibility index (Phi) is 5.86. The molecule has 6 nitrogen and oxygen atoms in total. The summed E-state index contributed by atoms with van der Waals surface area (Å²) in [6.45, 7) is 5.65. The largest absolute Gasteiger partial charge is 0.332 e. The Morgan fingerprint density at radius 1 is 1.32 bits per heavy atom. The minimum Gasteiger partial charge on any atom is -0.332 e. The molecule has 0 unspecified atom stereocenters. The zero-order valence-corrected chi connectivity index (χ0v) is 16.9. The second kappa shape index (κ2) is 8.16. The van der Waals surface area contributed by atoms with Gasteiger partial charge >= 0.3 is 6.03 Å². The van der Waals surface area contributed by atoms with Crippen LogP contribution in [0.25, 0.3) is 0 Å². The molecular weight excluding hydrogens is 398 g/mol. The van der Waals surface area contributed by atoms with Gasteiger partial charge in [0.1, 0.15) is 12.1 Å². The number of urea groups is 1. The molecule has 0 bridgehead atoms. The van der Waals surface area contributed by atoms with E-state index >= 15 is 0 Å². The average Bonchev–Trinajstić information content (AvgIpc) is 3.24. The van der Waals surface area contributed by atoms with E-state index in [0.717, 1.165) is 9.78 Å². The van der Waals surface area contributed by atoms with E-state index in [4.69, 9.17) is 11.6 Å². The molecule has 1 aliphatic heterocycles. The first kappa shape index (κ1) is 20.1. The molecule has 0 spiro atoms. The fourth-order valence-electron chi connectivity index (χ4n) is 3.13. The number of nitrogens with zero attached hydrogens (tertiary/aromatic N) is 2. The zero-order valence-electron chi connectivity index (χ0n) is 15.4. The van der Waals surface area contributed by atoms with Gasteiger partial charge in [0.2, 0.25) is 5.91 Å². The summed E-state index contributed by atoms with van der Waals surface area (Å²) in [7, 11) is 0. The first-order valence-corrected chi connectivity index (χ1v) is 9.92. The molecule has 1 aromatic heterocycles. The van der Waals surface area contributed by atoms with E-state index in [1.54, 1.807) is 42.2 Å². The summed E-state index contributed by atoms with van der Waals surface area (Å²) in [5, 5.41) is 4.98. The quantitative estimate of drug-likeness (QED) is 0.554. The number of hydrogen-bond donors (Lipinski definition) is 1. The van der Waals surface area contributed by atoms with Crippen LogP contribution in [0, 0.1) is 0 Å². The maximum absolute atomic E-state index is 13.0. The van der Waals surface area contributed by atoms with Crippen LogP contribution in [-0.2, 0) is 21.7 Å². The van der Waals surface area contributed by atoms with Gasteiger partial charge in [-0.1, -0.05) is 41.9 Å². The highest BCUT2D eigenvalue weighted by Crippen LogP contribution is 2.33. The minimum atomic E-state index is -1.31. The number of carbonyl (C=O) groups excluding carboxylic acids is 3. The highest BCUT2D eigenvalue weighted by atomic mass is 35.5. The van der Waals surface area contributed by atoms with Gasteiger partial charge < -0.3 is 10.2 Å². The number of thiophene rings is 1. The van der Waals surface area contributed by atoms with Crippen LogP contribution in [0.15, 0.2) is 54.4 Å². The standard InChI is InChI=1S/C20H20ClN3O3S/c1-3-10-23(12-14-7-6-11-28-14)17(25)13-24-18(26)20(2,22-19(24)27)15-8-4-5-9-16(15)21/h3-9,11H,1,10,12-13H2,2H3,(H,22,27)/t20-/m0/s1. The predicted molar refractivity (Wildman–Crippen MR) is 109 cm³/mol. The molecule has 0 saturated carbocycles. The zero-order chi connectivity index (χ0) is 20.3. The van der Waals surface area contributed by atoms with Crippen molar-refractivity contribution in [2.24, 2.45) is 0 Å². The van der Waals surface area contributed by atoms with E-state index in [1.165, 1.54) is 11.3 Å². The number of amides is 4.